The first kappa shape index (κ1) is 19.7. The highest BCUT2D eigenvalue weighted by Gasteiger charge is 2.16. The van der Waals surface area contributed by atoms with Crippen molar-refractivity contribution in [1.82, 2.24) is 14.9 Å². The summed E-state index contributed by atoms with van der Waals surface area (Å²) in [4.78, 5) is 22.7. The average molecular weight is 382 g/mol. The first-order valence-electron chi connectivity index (χ1n) is 7.88. The number of thioether (sulfide) groups is 1. The number of aryl methyl sites for hydroxylation is 2. The molecule has 25 heavy (non-hydrogen) atoms. The van der Waals surface area contributed by atoms with E-state index in [9.17, 15) is 9.18 Å². The number of benzene rings is 1. The third-order valence-corrected chi connectivity index (χ3v) is 4.96. The molecule has 1 amide bonds. The number of amides is 1. The summed E-state index contributed by atoms with van der Waals surface area (Å²) in [6.45, 7) is 4.00. The van der Waals surface area contributed by atoms with Crippen LogP contribution < -0.4 is 0 Å². The van der Waals surface area contributed by atoms with Crippen LogP contribution in [-0.2, 0) is 17.8 Å². The molecule has 0 aliphatic rings. The summed E-state index contributed by atoms with van der Waals surface area (Å²) in [5, 5.41) is 1.06. The Bertz CT molecular complexity index is 742. The number of rotatable bonds is 6. The summed E-state index contributed by atoms with van der Waals surface area (Å²) >= 11 is 7.52. The molecule has 0 radical (unpaired) electrons. The van der Waals surface area contributed by atoms with E-state index >= 15 is 0 Å². The van der Waals surface area contributed by atoms with Crippen molar-refractivity contribution in [3.05, 3.63) is 51.6 Å². The van der Waals surface area contributed by atoms with Crippen LogP contribution in [0.4, 0.5) is 4.39 Å². The van der Waals surface area contributed by atoms with Crippen LogP contribution in [0.1, 0.15) is 28.9 Å². The van der Waals surface area contributed by atoms with Crippen LogP contribution >= 0.6 is 23.4 Å². The third kappa shape index (κ3) is 4.92. The minimum absolute atomic E-state index is 0.0768. The molecule has 0 saturated carbocycles. The fraction of sp³-hybridized carbons (Fsp3) is 0.389. The van der Waals surface area contributed by atoms with Gasteiger partial charge in [-0.2, -0.15) is 0 Å². The number of carbonyl (C=O) groups is 1. The molecule has 1 aromatic heterocycles. The van der Waals surface area contributed by atoms with Crippen LogP contribution in [0.25, 0.3) is 0 Å². The zero-order valence-corrected chi connectivity index (χ0v) is 16.3. The van der Waals surface area contributed by atoms with E-state index in [1.54, 1.807) is 19.2 Å². The maximum atomic E-state index is 13.9. The van der Waals surface area contributed by atoms with Crippen LogP contribution in [0.3, 0.4) is 0 Å². The van der Waals surface area contributed by atoms with Crippen molar-refractivity contribution >= 4 is 29.3 Å². The molecule has 134 valence electrons. The molecule has 7 heteroatoms. The van der Waals surface area contributed by atoms with Crippen LogP contribution in [0, 0.1) is 19.7 Å². The molecule has 0 fully saturated rings. The van der Waals surface area contributed by atoms with Crippen molar-refractivity contribution < 1.29 is 9.18 Å². The van der Waals surface area contributed by atoms with Crippen molar-refractivity contribution in [2.45, 2.75) is 38.4 Å². The molecule has 4 nitrogen and oxygen atoms in total. The van der Waals surface area contributed by atoms with Gasteiger partial charge in [-0.25, -0.2) is 14.4 Å². The quantitative estimate of drug-likeness (QED) is 0.555. The number of hydrogen-bond donors (Lipinski definition) is 0. The van der Waals surface area contributed by atoms with Crippen molar-refractivity contribution in [1.29, 1.82) is 0 Å². The van der Waals surface area contributed by atoms with Crippen LogP contribution in [0.5, 0.6) is 0 Å². The van der Waals surface area contributed by atoms with Crippen molar-refractivity contribution in [2.24, 2.45) is 0 Å². The lowest BCUT2D eigenvalue weighted by atomic mass is 10.1. The van der Waals surface area contributed by atoms with Gasteiger partial charge in [0.1, 0.15) is 5.82 Å². The van der Waals surface area contributed by atoms with Crippen LogP contribution in [0.15, 0.2) is 23.4 Å². The molecule has 0 bridgehead atoms. The van der Waals surface area contributed by atoms with Crippen molar-refractivity contribution in [3.63, 3.8) is 0 Å². The summed E-state index contributed by atoms with van der Waals surface area (Å²) in [5.74, 6) is -0.480. The fourth-order valence-electron chi connectivity index (χ4n) is 2.59. The Morgan fingerprint density at radius 3 is 2.44 bits per heavy atom. The summed E-state index contributed by atoms with van der Waals surface area (Å²) < 4.78 is 13.9. The van der Waals surface area contributed by atoms with Gasteiger partial charge in [0, 0.05) is 42.0 Å². The fourth-order valence-corrected chi connectivity index (χ4v) is 3.27. The second kappa shape index (κ2) is 8.63. The first-order chi connectivity index (χ1) is 11.8. The standard InChI is InChI=1S/C18H21ClFN3OS/c1-11-13(12(2)22-18(21-11)25-4)8-9-17(24)23(3)10-14-15(19)6-5-7-16(14)20/h5-7H,8-10H2,1-4H3. The first-order valence-corrected chi connectivity index (χ1v) is 9.48. The summed E-state index contributed by atoms with van der Waals surface area (Å²) in [6, 6.07) is 4.51. The lowest BCUT2D eigenvalue weighted by Crippen LogP contribution is -2.27. The zero-order valence-electron chi connectivity index (χ0n) is 14.8. The van der Waals surface area contributed by atoms with Gasteiger partial charge in [-0.05, 0) is 44.2 Å². The number of nitrogens with zero attached hydrogens (tertiary/aromatic N) is 3. The van der Waals surface area contributed by atoms with E-state index in [-0.39, 0.29) is 12.5 Å². The van der Waals surface area contributed by atoms with Crippen LogP contribution in [-0.4, -0.2) is 34.1 Å². The molecule has 2 aromatic rings. The van der Waals surface area contributed by atoms with Gasteiger partial charge in [0.25, 0.3) is 0 Å². The van der Waals surface area contributed by atoms with Gasteiger partial charge < -0.3 is 4.90 Å². The van der Waals surface area contributed by atoms with E-state index in [1.165, 1.54) is 22.7 Å². The lowest BCUT2D eigenvalue weighted by Gasteiger charge is -2.19. The van der Waals surface area contributed by atoms with E-state index in [0.29, 0.717) is 23.4 Å². The largest absolute Gasteiger partial charge is 0.341 e. The highest BCUT2D eigenvalue weighted by molar-refractivity contribution is 7.98. The predicted octanol–water partition coefficient (Wildman–Crippen LogP) is 4.20. The van der Waals surface area contributed by atoms with E-state index in [2.05, 4.69) is 9.97 Å². The second-order valence-electron chi connectivity index (χ2n) is 5.81. The van der Waals surface area contributed by atoms with Gasteiger partial charge in [0.15, 0.2) is 5.16 Å². The Balaban J connectivity index is 2.03. The Hall–Kier alpha value is -1.66. The van der Waals surface area contributed by atoms with Gasteiger partial charge >= 0.3 is 0 Å². The SMILES string of the molecule is CSc1nc(C)c(CCC(=O)N(C)Cc2c(F)cccc2Cl)c(C)n1. The van der Waals surface area contributed by atoms with E-state index in [1.807, 2.05) is 20.1 Å². The minimum atomic E-state index is -0.403. The van der Waals surface area contributed by atoms with Gasteiger partial charge in [-0.3, -0.25) is 4.79 Å². The Morgan fingerprint density at radius 1 is 1.24 bits per heavy atom. The minimum Gasteiger partial charge on any atom is -0.341 e. The monoisotopic (exact) mass is 381 g/mol. The van der Waals surface area contributed by atoms with Gasteiger partial charge in [-0.15, -0.1) is 0 Å². The normalized spacial score (nSPS) is 10.8. The summed E-state index contributed by atoms with van der Waals surface area (Å²) in [5.41, 5.74) is 3.11. The molecule has 0 spiro atoms. The summed E-state index contributed by atoms with van der Waals surface area (Å²) in [6.07, 6.45) is 2.80. The molecule has 0 aliphatic heterocycles. The lowest BCUT2D eigenvalue weighted by molar-refractivity contribution is -0.130. The molecule has 2 rings (SSSR count). The molecule has 0 aliphatic carbocycles. The number of halogens is 2. The van der Waals surface area contributed by atoms with Gasteiger partial charge in [-0.1, -0.05) is 29.4 Å². The van der Waals surface area contributed by atoms with E-state index < -0.39 is 5.82 Å². The highest BCUT2D eigenvalue weighted by Crippen LogP contribution is 2.21. The molecular formula is C18H21ClFN3OS. The molecular weight excluding hydrogens is 361 g/mol. The maximum Gasteiger partial charge on any atom is 0.222 e. The van der Waals surface area contributed by atoms with Crippen LogP contribution in [0.2, 0.25) is 5.02 Å². The number of carbonyl (C=O) groups excluding carboxylic acids is 1. The van der Waals surface area contributed by atoms with E-state index in [4.69, 9.17) is 11.6 Å². The smallest absolute Gasteiger partial charge is 0.222 e. The van der Waals surface area contributed by atoms with Crippen molar-refractivity contribution in [3.8, 4) is 0 Å². The Morgan fingerprint density at radius 2 is 1.88 bits per heavy atom. The highest BCUT2D eigenvalue weighted by atomic mass is 35.5. The maximum absolute atomic E-state index is 13.9. The average Bonchev–Trinajstić information content (AvgIpc) is 2.56. The predicted molar refractivity (Wildman–Crippen MR) is 99.5 cm³/mol. The molecule has 0 N–H and O–H groups in total. The Kier molecular flexibility index (Phi) is 6.79. The molecule has 0 atom stereocenters. The topological polar surface area (TPSA) is 46.1 Å². The Labute approximate surface area is 156 Å². The van der Waals surface area contributed by atoms with Gasteiger partial charge in [0.05, 0.1) is 0 Å². The summed E-state index contributed by atoms with van der Waals surface area (Å²) in [7, 11) is 1.65. The van der Waals surface area contributed by atoms with Gasteiger partial charge in [0.2, 0.25) is 5.91 Å². The molecule has 1 heterocycles. The number of aromatic nitrogens is 2. The zero-order chi connectivity index (χ0) is 18.6. The second-order valence-corrected chi connectivity index (χ2v) is 6.99. The molecule has 0 saturated heterocycles. The van der Waals surface area contributed by atoms with E-state index in [0.717, 1.165) is 22.1 Å². The van der Waals surface area contributed by atoms with Crippen molar-refractivity contribution in [2.75, 3.05) is 13.3 Å². The molecule has 0 unspecified atom stereocenters. The number of hydrogen-bond acceptors (Lipinski definition) is 4. The third-order valence-electron chi connectivity index (χ3n) is 4.05. The molecule has 1 aromatic carbocycles.